The molecule has 1 atom stereocenters. The van der Waals surface area contributed by atoms with Crippen molar-refractivity contribution >= 4 is 5.91 Å². The highest BCUT2D eigenvalue weighted by Gasteiger charge is 2.26. The van der Waals surface area contributed by atoms with E-state index in [1.54, 1.807) is 0 Å². The predicted molar refractivity (Wildman–Crippen MR) is 87.9 cm³/mol. The lowest BCUT2D eigenvalue weighted by molar-refractivity contribution is 0.0687. The van der Waals surface area contributed by atoms with Gasteiger partial charge in [-0.25, -0.2) is 0 Å². The number of hydrogen-bond acceptors (Lipinski definition) is 2. The van der Waals surface area contributed by atoms with Crippen molar-refractivity contribution in [2.75, 3.05) is 13.1 Å². The van der Waals surface area contributed by atoms with Gasteiger partial charge in [0.15, 0.2) is 0 Å². The lowest BCUT2D eigenvalue weighted by Gasteiger charge is -2.30. The van der Waals surface area contributed by atoms with E-state index in [1.165, 1.54) is 18.4 Å². The van der Waals surface area contributed by atoms with Crippen LogP contribution in [0.15, 0.2) is 12.1 Å². The Bertz CT molecular complexity index is 493. The summed E-state index contributed by atoms with van der Waals surface area (Å²) in [4.78, 5) is 15.0. The topological polar surface area (TPSA) is 32.3 Å². The molecule has 0 spiro atoms. The number of nitrogens with zero attached hydrogens (tertiary/aromatic N) is 1. The molecule has 1 amide bonds. The third-order valence-corrected chi connectivity index (χ3v) is 4.35. The average Bonchev–Trinajstić information content (AvgIpc) is 2.86. The zero-order chi connectivity index (χ0) is 15.6. The molecule has 1 aliphatic rings. The third kappa shape index (κ3) is 3.65. The Morgan fingerprint density at radius 2 is 1.90 bits per heavy atom. The Hall–Kier alpha value is -1.35. The maximum Gasteiger partial charge on any atom is 0.254 e. The minimum Gasteiger partial charge on any atom is -0.335 e. The first-order chi connectivity index (χ1) is 9.90. The molecule has 0 aromatic heterocycles. The molecule has 1 aliphatic heterocycles. The predicted octanol–water partition coefficient (Wildman–Crippen LogP) is 3.21. The lowest BCUT2D eigenvalue weighted by Crippen LogP contribution is -2.45. The van der Waals surface area contributed by atoms with E-state index < -0.39 is 0 Å². The van der Waals surface area contributed by atoms with Crippen LogP contribution in [0.5, 0.6) is 0 Å². The van der Waals surface area contributed by atoms with Crippen molar-refractivity contribution in [3.8, 4) is 0 Å². The maximum atomic E-state index is 13.0. The van der Waals surface area contributed by atoms with Crippen molar-refractivity contribution in [3.05, 3.63) is 34.4 Å². The molecular formula is C18H28N2O. The second-order valence-electron chi connectivity index (χ2n) is 6.62. The highest BCUT2D eigenvalue weighted by molar-refractivity contribution is 5.97. The summed E-state index contributed by atoms with van der Waals surface area (Å²) in [6, 6.07) is 4.88. The van der Waals surface area contributed by atoms with E-state index in [4.69, 9.17) is 0 Å². The van der Waals surface area contributed by atoms with Crippen LogP contribution in [-0.2, 0) is 0 Å². The van der Waals surface area contributed by atoms with Gasteiger partial charge in [0.25, 0.3) is 5.91 Å². The molecule has 3 heteroatoms. The SMILES string of the molecule is Cc1cc(C)c(C(=O)N(CC2CCCN2)C(C)C)c(C)c1. The van der Waals surface area contributed by atoms with E-state index in [-0.39, 0.29) is 11.9 Å². The molecule has 1 unspecified atom stereocenters. The van der Waals surface area contributed by atoms with Crippen LogP contribution in [0.2, 0.25) is 0 Å². The highest BCUT2D eigenvalue weighted by Crippen LogP contribution is 2.20. The molecular weight excluding hydrogens is 260 g/mol. The molecule has 0 saturated carbocycles. The molecule has 1 heterocycles. The Labute approximate surface area is 128 Å². The molecule has 1 N–H and O–H groups in total. The molecule has 0 bridgehead atoms. The van der Waals surface area contributed by atoms with Crippen molar-refractivity contribution < 1.29 is 4.79 Å². The fraction of sp³-hybridized carbons (Fsp3) is 0.611. The van der Waals surface area contributed by atoms with Crippen LogP contribution in [0, 0.1) is 20.8 Å². The summed E-state index contributed by atoms with van der Waals surface area (Å²) in [5.74, 6) is 0.175. The molecule has 1 aromatic carbocycles. The molecule has 1 saturated heterocycles. The standard InChI is InChI=1S/C18H28N2O/c1-12(2)20(11-16-7-6-8-19-16)18(21)17-14(4)9-13(3)10-15(17)5/h9-10,12,16,19H,6-8,11H2,1-5H3. The molecule has 1 aromatic rings. The van der Waals surface area contributed by atoms with Gasteiger partial charge in [-0.1, -0.05) is 17.7 Å². The van der Waals surface area contributed by atoms with Crippen LogP contribution in [0.1, 0.15) is 53.7 Å². The number of rotatable bonds is 4. The molecule has 0 radical (unpaired) electrons. The summed E-state index contributed by atoms with van der Waals surface area (Å²) in [6.45, 7) is 12.3. The fourth-order valence-electron chi connectivity index (χ4n) is 3.34. The second kappa shape index (κ2) is 6.61. The van der Waals surface area contributed by atoms with Gasteiger partial charge in [-0.15, -0.1) is 0 Å². The van der Waals surface area contributed by atoms with Crippen molar-refractivity contribution in [1.82, 2.24) is 10.2 Å². The van der Waals surface area contributed by atoms with Gasteiger partial charge >= 0.3 is 0 Å². The number of amides is 1. The number of hydrogen-bond donors (Lipinski definition) is 1. The maximum absolute atomic E-state index is 13.0. The Kier molecular flexibility index (Phi) is 5.04. The van der Waals surface area contributed by atoms with Crippen LogP contribution >= 0.6 is 0 Å². The summed E-state index contributed by atoms with van der Waals surface area (Å²) in [6.07, 6.45) is 2.38. The summed E-state index contributed by atoms with van der Waals surface area (Å²) in [7, 11) is 0. The smallest absolute Gasteiger partial charge is 0.254 e. The number of benzene rings is 1. The molecule has 3 nitrogen and oxygen atoms in total. The Balaban J connectivity index is 2.26. The zero-order valence-electron chi connectivity index (χ0n) is 14.0. The summed E-state index contributed by atoms with van der Waals surface area (Å²) in [5, 5.41) is 3.49. The van der Waals surface area contributed by atoms with Crippen molar-refractivity contribution in [3.63, 3.8) is 0 Å². The largest absolute Gasteiger partial charge is 0.335 e. The van der Waals surface area contributed by atoms with E-state index in [0.29, 0.717) is 6.04 Å². The zero-order valence-corrected chi connectivity index (χ0v) is 14.0. The van der Waals surface area contributed by atoms with Crippen molar-refractivity contribution in [2.45, 2.75) is 59.5 Å². The number of nitrogens with one attached hydrogen (secondary N) is 1. The first kappa shape index (κ1) is 16.0. The van der Waals surface area contributed by atoms with Crippen LogP contribution in [0.4, 0.5) is 0 Å². The van der Waals surface area contributed by atoms with Gasteiger partial charge in [0, 0.05) is 24.2 Å². The number of carbonyl (C=O) groups is 1. The van der Waals surface area contributed by atoms with Crippen LogP contribution in [0.3, 0.4) is 0 Å². The van der Waals surface area contributed by atoms with Gasteiger partial charge in [-0.2, -0.15) is 0 Å². The minimum absolute atomic E-state index is 0.175. The quantitative estimate of drug-likeness (QED) is 0.922. The monoisotopic (exact) mass is 288 g/mol. The first-order valence-corrected chi connectivity index (χ1v) is 8.02. The molecule has 116 valence electrons. The molecule has 2 rings (SSSR count). The van der Waals surface area contributed by atoms with Gasteiger partial charge in [-0.05, 0) is 65.1 Å². The van der Waals surface area contributed by atoms with Crippen LogP contribution in [-0.4, -0.2) is 36.0 Å². The van der Waals surface area contributed by atoms with Gasteiger partial charge in [0.05, 0.1) is 0 Å². The van der Waals surface area contributed by atoms with Gasteiger partial charge in [0.1, 0.15) is 0 Å². The van der Waals surface area contributed by atoms with Crippen LogP contribution < -0.4 is 5.32 Å². The van der Waals surface area contributed by atoms with E-state index >= 15 is 0 Å². The van der Waals surface area contributed by atoms with Crippen LogP contribution in [0.25, 0.3) is 0 Å². The summed E-state index contributed by atoms with van der Waals surface area (Å²) >= 11 is 0. The molecule has 0 aliphatic carbocycles. The lowest BCUT2D eigenvalue weighted by atomic mass is 9.98. The number of carbonyl (C=O) groups excluding carboxylic acids is 1. The van der Waals surface area contributed by atoms with Crippen molar-refractivity contribution in [1.29, 1.82) is 0 Å². The van der Waals surface area contributed by atoms with Gasteiger partial charge < -0.3 is 10.2 Å². The highest BCUT2D eigenvalue weighted by atomic mass is 16.2. The Morgan fingerprint density at radius 3 is 2.38 bits per heavy atom. The average molecular weight is 288 g/mol. The fourth-order valence-corrected chi connectivity index (χ4v) is 3.34. The molecule has 21 heavy (non-hydrogen) atoms. The summed E-state index contributed by atoms with van der Waals surface area (Å²) < 4.78 is 0. The normalized spacial score (nSPS) is 18.3. The summed E-state index contributed by atoms with van der Waals surface area (Å²) in [5.41, 5.74) is 4.27. The number of aryl methyl sites for hydroxylation is 3. The van der Waals surface area contributed by atoms with E-state index in [9.17, 15) is 4.79 Å². The van der Waals surface area contributed by atoms with E-state index in [0.717, 1.165) is 29.8 Å². The molecule has 1 fully saturated rings. The third-order valence-electron chi connectivity index (χ3n) is 4.35. The Morgan fingerprint density at radius 1 is 1.29 bits per heavy atom. The minimum atomic E-state index is 0.175. The van der Waals surface area contributed by atoms with Gasteiger partial charge in [-0.3, -0.25) is 4.79 Å². The second-order valence-corrected chi connectivity index (χ2v) is 6.62. The first-order valence-electron chi connectivity index (χ1n) is 8.02. The van der Waals surface area contributed by atoms with E-state index in [1.807, 2.05) is 18.7 Å². The van der Waals surface area contributed by atoms with E-state index in [2.05, 4.69) is 38.2 Å². The van der Waals surface area contributed by atoms with Gasteiger partial charge in [0.2, 0.25) is 0 Å². The van der Waals surface area contributed by atoms with Crippen molar-refractivity contribution in [2.24, 2.45) is 0 Å².